The maximum atomic E-state index is 12.7. The van der Waals surface area contributed by atoms with Crippen molar-refractivity contribution in [2.75, 3.05) is 30.4 Å². The van der Waals surface area contributed by atoms with Gasteiger partial charge in [-0.1, -0.05) is 6.92 Å². The van der Waals surface area contributed by atoms with Crippen molar-refractivity contribution in [1.29, 1.82) is 0 Å². The summed E-state index contributed by atoms with van der Waals surface area (Å²) in [5.41, 5.74) is 0. The molecule has 0 unspecified atom stereocenters. The maximum absolute atomic E-state index is 12.7. The van der Waals surface area contributed by atoms with Crippen molar-refractivity contribution in [1.82, 2.24) is 15.0 Å². The molecule has 0 atom stereocenters. The Bertz CT molecular complexity index is 478. The van der Waals surface area contributed by atoms with Crippen LogP contribution in [0.3, 0.4) is 0 Å². The van der Waals surface area contributed by atoms with Crippen LogP contribution >= 0.6 is 0 Å². The van der Waals surface area contributed by atoms with Gasteiger partial charge in [0, 0.05) is 12.6 Å². The zero-order valence-corrected chi connectivity index (χ0v) is 11.9. The standard InChI is InChI=1S/C12H18F3N5O/c1-3-6-16-9-17-10(19-11(18-9)21-2)20(8-4-5-8)7-12(13,14)15/h8H,3-7H2,1-2H3,(H,16,17,18,19). The van der Waals surface area contributed by atoms with Crippen molar-refractivity contribution in [2.45, 2.75) is 38.4 Å². The van der Waals surface area contributed by atoms with E-state index in [0.717, 1.165) is 6.42 Å². The lowest BCUT2D eigenvalue weighted by Gasteiger charge is -2.24. The fourth-order valence-corrected chi connectivity index (χ4v) is 1.82. The number of rotatable bonds is 7. The van der Waals surface area contributed by atoms with E-state index in [0.29, 0.717) is 19.4 Å². The molecular weight excluding hydrogens is 287 g/mol. The van der Waals surface area contributed by atoms with Crippen LogP contribution in [0.15, 0.2) is 0 Å². The quantitative estimate of drug-likeness (QED) is 0.833. The third-order valence-electron chi connectivity index (χ3n) is 2.91. The first kappa shape index (κ1) is 15.6. The molecule has 1 aliphatic rings. The number of aromatic nitrogens is 3. The Hall–Kier alpha value is -1.80. The Kier molecular flexibility index (Phi) is 4.69. The second-order valence-electron chi connectivity index (χ2n) is 4.85. The molecule has 9 heteroatoms. The van der Waals surface area contributed by atoms with Crippen molar-refractivity contribution >= 4 is 11.9 Å². The van der Waals surface area contributed by atoms with Gasteiger partial charge in [-0.2, -0.15) is 28.1 Å². The molecule has 0 aromatic carbocycles. The molecule has 2 rings (SSSR count). The van der Waals surface area contributed by atoms with Crippen molar-refractivity contribution in [3.63, 3.8) is 0 Å². The molecule has 0 bridgehead atoms. The van der Waals surface area contributed by atoms with Gasteiger partial charge < -0.3 is 15.0 Å². The summed E-state index contributed by atoms with van der Waals surface area (Å²) in [5, 5.41) is 2.94. The molecule has 0 spiro atoms. The SMILES string of the molecule is CCCNc1nc(OC)nc(N(CC(F)(F)F)C2CC2)n1. The monoisotopic (exact) mass is 305 g/mol. The smallest absolute Gasteiger partial charge is 0.406 e. The summed E-state index contributed by atoms with van der Waals surface area (Å²) in [5.74, 6) is 0.229. The van der Waals surface area contributed by atoms with Gasteiger partial charge >= 0.3 is 12.2 Å². The number of nitrogens with one attached hydrogen (secondary N) is 1. The van der Waals surface area contributed by atoms with Gasteiger partial charge in [-0.05, 0) is 19.3 Å². The molecule has 1 heterocycles. The normalized spacial score (nSPS) is 14.9. The molecule has 0 amide bonds. The van der Waals surface area contributed by atoms with E-state index in [1.165, 1.54) is 12.0 Å². The fourth-order valence-electron chi connectivity index (χ4n) is 1.82. The van der Waals surface area contributed by atoms with E-state index in [1.54, 1.807) is 0 Å². The van der Waals surface area contributed by atoms with Crippen LogP contribution in [-0.4, -0.2) is 47.4 Å². The van der Waals surface area contributed by atoms with Crippen molar-refractivity contribution in [2.24, 2.45) is 0 Å². The Morgan fingerprint density at radius 1 is 1.29 bits per heavy atom. The fraction of sp³-hybridized carbons (Fsp3) is 0.750. The van der Waals surface area contributed by atoms with Crippen molar-refractivity contribution < 1.29 is 17.9 Å². The van der Waals surface area contributed by atoms with E-state index in [1.807, 2.05) is 6.92 Å². The number of nitrogens with zero attached hydrogens (tertiary/aromatic N) is 4. The summed E-state index contributed by atoms with van der Waals surface area (Å²) in [7, 11) is 1.37. The average Bonchev–Trinajstić information content (AvgIpc) is 3.25. The van der Waals surface area contributed by atoms with Crippen LogP contribution in [0, 0.1) is 0 Å². The van der Waals surface area contributed by atoms with E-state index in [2.05, 4.69) is 20.3 Å². The highest BCUT2D eigenvalue weighted by molar-refractivity contribution is 5.41. The first-order chi connectivity index (χ1) is 9.93. The molecule has 0 radical (unpaired) electrons. The van der Waals surface area contributed by atoms with Gasteiger partial charge in [-0.15, -0.1) is 0 Å². The van der Waals surface area contributed by atoms with Gasteiger partial charge in [-0.3, -0.25) is 0 Å². The van der Waals surface area contributed by atoms with E-state index >= 15 is 0 Å². The second kappa shape index (κ2) is 6.31. The number of alkyl halides is 3. The van der Waals surface area contributed by atoms with Crippen molar-refractivity contribution in [3.05, 3.63) is 0 Å². The molecule has 1 aromatic heterocycles. The van der Waals surface area contributed by atoms with Gasteiger partial charge in [-0.25, -0.2) is 0 Å². The number of halogens is 3. The highest BCUT2D eigenvalue weighted by Crippen LogP contribution is 2.33. The number of anilines is 2. The third-order valence-corrected chi connectivity index (χ3v) is 2.91. The lowest BCUT2D eigenvalue weighted by molar-refractivity contribution is -0.120. The Balaban J connectivity index is 2.25. The molecule has 118 valence electrons. The Morgan fingerprint density at radius 2 is 2.00 bits per heavy atom. The Morgan fingerprint density at radius 3 is 2.52 bits per heavy atom. The number of hydrogen-bond donors (Lipinski definition) is 1. The lowest BCUT2D eigenvalue weighted by Crippen LogP contribution is -2.37. The highest BCUT2D eigenvalue weighted by Gasteiger charge is 2.39. The first-order valence-electron chi connectivity index (χ1n) is 6.80. The molecule has 1 aliphatic carbocycles. The van der Waals surface area contributed by atoms with Gasteiger partial charge in [0.1, 0.15) is 6.54 Å². The molecule has 1 fully saturated rings. The first-order valence-corrected chi connectivity index (χ1v) is 6.80. The van der Waals surface area contributed by atoms with E-state index in [4.69, 9.17) is 4.74 Å². The van der Waals surface area contributed by atoms with Gasteiger partial charge in [0.05, 0.1) is 7.11 Å². The molecule has 0 saturated heterocycles. The number of ether oxygens (including phenoxy) is 1. The van der Waals surface area contributed by atoms with Gasteiger partial charge in [0.2, 0.25) is 11.9 Å². The lowest BCUT2D eigenvalue weighted by atomic mass is 10.4. The van der Waals surface area contributed by atoms with Crippen molar-refractivity contribution in [3.8, 4) is 6.01 Å². The van der Waals surface area contributed by atoms with Gasteiger partial charge in [0.25, 0.3) is 0 Å². The highest BCUT2D eigenvalue weighted by atomic mass is 19.4. The summed E-state index contributed by atoms with van der Waals surface area (Å²) in [6.45, 7) is 1.51. The molecule has 0 aliphatic heterocycles. The number of hydrogen-bond acceptors (Lipinski definition) is 6. The summed E-state index contributed by atoms with van der Waals surface area (Å²) < 4.78 is 43.1. The zero-order chi connectivity index (χ0) is 15.5. The van der Waals surface area contributed by atoms with Gasteiger partial charge in [0.15, 0.2) is 0 Å². The van der Waals surface area contributed by atoms with E-state index in [-0.39, 0.29) is 23.9 Å². The number of methoxy groups -OCH3 is 1. The van der Waals surface area contributed by atoms with Crippen LogP contribution in [0.2, 0.25) is 0 Å². The minimum Gasteiger partial charge on any atom is -0.467 e. The molecule has 6 nitrogen and oxygen atoms in total. The topological polar surface area (TPSA) is 63.2 Å². The molecule has 1 aromatic rings. The minimum absolute atomic E-state index is 0.000257. The maximum Gasteiger partial charge on any atom is 0.406 e. The molecular formula is C12H18F3N5O. The molecule has 21 heavy (non-hydrogen) atoms. The predicted molar refractivity (Wildman–Crippen MR) is 71.6 cm³/mol. The second-order valence-corrected chi connectivity index (χ2v) is 4.85. The zero-order valence-electron chi connectivity index (χ0n) is 11.9. The van der Waals surface area contributed by atoms with Crippen LogP contribution in [0.25, 0.3) is 0 Å². The summed E-state index contributed by atoms with van der Waals surface area (Å²) in [6.07, 6.45) is -2.04. The van der Waals surface area contributed by atoms with Crippen LogP contribution in [0.5, 0.6) is 6.01 Å². The van der Waals surface area contributed by atoms with Crippen LogP contribution in [0.4, 0.5) is 25.1 Å². The van der Waals surface area contributed by atoms with Crippen LogP contribution < -0.4 is 15.0 Å². The molecule has 1 saturated carbocycles. The Labute approximate surface area is 120 Å². The molecule has 1 N–H and O–H groups in total. The van der Waals surface area contributed by atoms with Crippen LogP contribution in [0.1, 0.15) is 26.2 Å². The predicted octanol–water partition coefficient (Wildman–Crippen LogP) is 2.23. The average molecular weight is 305 g/mol. The van der Waals surface area contributed by atoms with E-state index < -0.39 is 12.7 Å². The minimum atomic E-state index is -4.31. The third kappa shape index (κ3) is 4.61. The largest absolute Gasteiger partial charge is 0.467 e. The van der Waals surface area contributed by atoms with E-state index in [9.17, 15) is 13.2 Å². The summed E-state index contributed by atoms with van der Waals surface area (Å²) >= 11 is 0. The summed E-state index contributed by atoms with van der Waals surface area (Å²) in [6, 6.07) is -0.163. The summed E-state index contributed by atoms with van der Waals surface area (Å²) in [4.78, 5) is 13.2. The van der Waals surface area contributed by atoms with Crippen LogP contribution in [-0.2, 0) is 0 Å².